The molecule has 2 N–H and O–H groups in total. The van der Waals surface area contributed by atoms with E-state index in [1.807, 2.05) is 19.9 Å². The van der Waals surface area contributed by atoms with E-state index in [2.05, 4.69) is 25.6 Å². The number of aryl methyl sites for hydroxylation is 2. The number of aromatic nitrogens is 3. The average molecular weight is 333 g/mol. The number of carbonyl (C=O) groups excluding carboxylic acids is 1. The monoisotopic (exact) mass is 333 g/mol. The van der Waals surface area contributed by atoms with Crippen LogP contribution in [0, 0.1) is 13.8 Å². The van der Waals surface area contributed by atoms with Gasteiger partial charge in [0, 0.05) is 29.9 Å². The highest BCUT2D eigenvalue weighted by molar-refractivity contribution is 7.14. The predicted molar refractivity (Wildman–Crippen MR) is 88.2 cm³/mol. The van der Waals surface area contributed by atoms with E-state index in [1.54, 1.807) is 5.38 Å². The Bertz CT molecular complexity index is 677. The second-order valence-electron chi connectivity index (χ2n) is 5.48. The summed E-state index contributed by atoms with van der Waals surface area (Å²) >= 11 is 1.35. The molecule has 0 unspecified atom stereocenters. The van der Waals surface area contributed by atoms with Crippen molar-refractivity contribution in [3.63, 3.8) is 0 Å². The van der Waals surface area contributed by atoms with E-state index in [1.165, 1.54) is 11.3 Å². The van der Waals surface area contributed by atoms with Crippen LogP contribution in [0.5, 0.6) is 0 Å². The van der Waals surface area contributed by atoms with Crippen molar-refractivity contribution in [2.75, 3.05) is 18.5 Å². The van der Waals surface area contributed by atoms with Crippen LogP contribution in [-0.4, -0.2) is 40.1 Å². The third-order valence-corrected chi connectivity index (χ3v) is 4.21. The minimum absolute atomic E-state index is 0.124. The Hall–Kier alpha value is -2.06. The standard InChI is InChI=1S/C15H19N5O2S/c1-9-6-10(2)18-14(17-9)20-15-19-12(8-23-15)13(21)16-7-11-4-3-5-22-11/h6,8,11H,3-5,7H2,1-2H3,(H,16,21)(H,17,18,19,20)/t11-/m0/s1. The van der Waals surface area contributed by atoms with E-state index in [9.17, 15) is 4.79 Å². The Balaban J connectivity index is 1.59. The highest BCUT2D eigenvalue weighted by atomic mass is 32.1. The summed E-state index contributed by atoms with van der Waals surface area (Å²) in [6.45, 7) is 5.12. The van der Waals surface area contributed by atoms with Crippen molar-refractivity contribution in [3.05, 3.63) is 28.5 Å². The molecule has 1 atom stereocenters. The SMILES string of the molecule is Cc1cc(C)nc(Nc2nc(C(=O)NC[C@@H]3CCCO3)cs2)n1. The Morgan fingerprint density at radius 3 is 2.83 bits per heavy atom. The molecule has 0 radical (unpaired) electrons. The molecule has 0 spiro atoms. The minimum Gasteiger partial charge on any atom is -0.376 e. The molecule has 0 saturated carbocycles. The van der Waals surface area contributed by atoms with Crippen molar-refractivity contribution < 1.29 is 9.53 Å². The summed E-state index contributed by atoms with van der Waals surface area (Å²) in [5.41, 5.74) is 2.15. The van der Waals surface area contributed by atoms with Crippen LogP contribution in [0.1, 0.15) is 34.7 Å². The third kappa shape index (κ3) is 4.23. The second kappa shape index (κ2) is 7.01. The molecule has 1 amide bonds. The number of ether oxygens (including phenoxy) is 1. The molecular weight excluding hydrogens is 314 g/mol. The van der Waals surface area contributed by atoms with Crippen LogP contribution in [-0.2, 0) is 4.74 Å². The third-order valence-electron chi connectivity index (χ3n) is 3.45. The largest absolute Gasteiger partial charge is 0.376 e. The number of nitrogens with one attached hydrogen (secondary N) is 2. The van der Waals surface area contributed by atoms with E-state index in [0.717, 1.165) is 30.8 Å². The Morgan fingerprint density at radius 1 is 1.35 bits per heavy atom. The van der Waals surface area contributed by atoms with Gasteiger partial charge in [0.25, 0.3) is 5.91 Å². The van der Waals surface area contributed by atoms with E-state index < -0.39 is 0 Å². The first-order chi connectivity index (χ1) is 11.1. The van der Waals surface area contributed by atoms with Crippen molar-refractivity contribution in [2.24, 2.45) is 0 Å². The molecule has 1 aliphatic rings. The molecule has 3 rings (SSSR count). The summed E-state index contributed by atoms with van der Waals surface area (Å²) in [5, 5.41) is 8.21. The Kier molecular flexibility index (Phi) is 4.82. The van der Waals surface area contributed by atoms with Gasteiger partial charge in [-0.1, -0.05) is 0 Å². The maximum atomic E-state index is 12.1. The lowest BCUT2D eigenvalue weighted by molar-refractivity contribution is 0.0854. The first-order valence-corrected chi connectivity index (χ1v) is 8.43. The number of rotatable bonds is 5. The van der Waals surface area contributed by atoms with Crippen LogP contribution in [0.15, 0.2) is 11.4 Å². The Labute approximate surface area is 138 Å². The lowest BCUT2D eigenvalue weighted by Gasteiger charge is -2.09. The smallest absolute Gasteiger partial charge is 0.270 e. The normalized spacial score (nSPS) is 17.2. The van der Waals surface area contributed by atoms with Gasteiger partial charge in [-0.05, 0) is 32.8 Å². The molecule has 0 aliphatic carbocycles. The minimum atomic E-state index is -0.189. The van der Waals surface area contributed by atoms with Gasteiger partial charge in [-0.3, -0.25) is 4.79 Å². The molecule has 2 aromatic heterocycles. The van der Waals surface area contributed by atoms with Gasteiger partial charge in [0.15, 0.2) is 5.13 Å². The van der Waals surface area contributed by atoms with Gasteiger partial charge in [0.05, 0.1) is 6.10 Å². The van der Waals surface area contributed by atoms with Gasteiger partial charge >= 0.3 is 0 Å². The average Bonchev–Trinajstić information content (AvgIpc) is 3.15. The van der Waals surface area contributed by atoms with Crippen molar-refractivity contribution in [1.29, 1.82) is 0 Å². The molecule has 2 aromatic rings. The fraction of sp³-hybridized carbons (Fsp3) is 0.467. The second-order valence-corrected chi connectivity index (χ2v) is 6.34. The van der Waals surface area contributed by atoms with E-state index in [4.69, 9.17) is 4.74 Å². The van der Waals surface area contributed by atoms with Gasteiger partial charge in [0.2, 0.25) is 5.95 Å². The van der Waals surface area contributed by atoms with Gasteiger partial charge < -0.3 is 15.4 Å². The molecule has 1 fully saturated rings. The highest BCUT2D eigenvalue weighted by Gasteiger charge is 2.18. The lowest BCUT2D eigenvalue weighted by Crippen LogP contribution is -2.31. The zero-order valence-electron chi connectivity index (χ0n) is 13.1. The predicted octanol–water partition coefficient (Wildman–Crippen LogP) is 2.20. The molecule has 8 heteroatoms. The first kappa shape index (κ1) is 15.8. The molecule has 3 heterocycles. The van der Waals surface area contributed by atoms with Crippen LogP contribution in [0.4, 0.5) is 11.1 Å². The molecule has 7 nitrogen and oxygen atoms in total. The molecular formula is C15H19N5O2S. The Morgan fingerprint density at radius 2 is 2.13 bits per heavy atom. The lowest BCUT2D eigenvalue weighted by atomic mass is 10.2. The summed E-state index contributed by atoms with van der Waals surface area (Å²) in [6, 6.07) is 1.90. The molecule has 122 valence electrons. The number of thiazole rings is 1. The number of hydrogen-bond acceptors (Lipinski definition) is 7. The number of anilines is 2. The summed E-state index contributed by atoms with van der Waals surface area (Å²) in [4.78, 5) is 25.0. The maximum Gasteiger partial charge on any atom is 0.270 e. The van der Waals surface area contributed by atoms with E-state index in [-0.39, 0.29) is 12.0 Å². The number of amides is 1. The molecule has 23 heavy (non-hydrogen) atoms. The van der Waals surface area contributed by atoms with Crippen LogP contribution in [0.25, 0.3) is 0 Å². The first-order valence-electron chi connectivity index (χ1n) is 7.55. The van der Waals surface area contributed by atoms with Crippen LogP contribution in [0.3, 0.4) is 0 Å². The quantitative estimate of drug-likeness (QED) is 0.872. The van der Waals surface area contributed by atoms with E-state index in [0.29, 0.717) is 23.3 Å². The van der Waals surface area contributed by atoms with Gasteiger partial charge in [0.1, 0.15) is 5.69 Å². The van der Waals surface area contributed by atoms with Gasteiger partial charge in [-0.15, -0.1) is 11.3 Å². The van der Waals surface area contributed by atoms with Crippen LogP contribution in [0.2, 0.25) is 0 Å². The van der Waals surface area contributed by atoms with Crippen molar-refractivity contribution in [3.8, 4) is 0 Å². The summed E-state index contributed by atoms with van der Waals surface area (Å²) in [5.74, 6) is 0.300. The van der Waals surface area contributed by atoms with E-state index >= 15 is 0 Å². The van der Waals surface area contributed by atoms with Crippen LogP contribution >= 0.6 is 11.3 Å². The summed E-state index contributed by atoms with van der Waals surface area (Å²) in [7, 11) is 0. The molecule has 0 aromatic carbocycles. The number of carbonyl (C=O) groups is 1. The zero-order valence-corrected chi connectivity index (χ0v) is 13.9. The fourth-order valence-corrected chi connectivity index (χ4v) is 3.10. The van der Waals surface area contributed by atoms with Crippen molar-refractivity contribution >= 4 is 28.3 Å². The fourth-order valence-electron chi connectivity index (χ4n) is 2.42. The van der Waals surface area contributed by atoms with Crippen molar-refractivity contribution in [2.45, 2.75) is 32.8 Å². The molecule has 1 aliphatic heterocycles. The molecule has 1 saturated heterocycles. The van der Waals surface area contributed by atoms with Crippen LogP contribution < -0.4 is 10.6 Å². The zero-order chi connectivity index (χ0) is 16.2. The molecule has 0 bridgehead atoms. The number of hydrogen-bond donors (Lipinski definition) is 2. The maximum absolute atomic E-state index is 12.1. The summed E-state index contributed by atoms with van der Waals surface area (Å²) in [6.07, 6.45) is 2.17. The van der Waals surface area contributed by atoms with Gasteiger partial charge in [-0.2, -0.15) is 0 Å². The highest BCUT2D eigenvalue weighted by Crippen LogP contribution is 2.19. The number of nitrogens with zero attached hydrogens (tertiary/aromatic N) is 3. The van der Waals surface area contributed by atoms with Crippen molar-refractivity contribution in [1.82, 2.24) is 20.3 Å². The van der Waals surface area contributed by atoms with Gasteiger partial charge in [-0.25, -0.2) is 15.0 Å². The summed E-state index contributed by atoms with van der Waals surface area (Å²) < 4.78 is 5.48. The topological polar surface area (TPSA) is 89.0 Å².